The summed E-state index contributed by atoms with van der Waals surface area (Å²) in [7, 11) is 0. The topological polar surface area (TPSA) is 87.2 Å². The molecule has 170 valence electrons. The molecule has 1 aliphatic carbocycles. The van der Waals surface area contributed by atoms with Crippen LogP contribution in [0.15, 0.2) is 36.7 Å². The molecule has 2 amide bonds. The van der Waals surface area contributed by atoms with Crippen LogP contribution in [0.4, 0.5) is 5.69 Å². The molecule has 2 heterocycles. The quantitative estimate of drug-likeness (QED) is 0.722. The van der Waals surface area contributed by atoms with Crippen LogP contribution in [-0.4, -0.2) is 45.8 Å². The monoisotopic (exact) mass is 435 g/mol. The molecule has 1 aromatic heterocycles. The van der Waals surface area contributed by atoms with Gasteiger partial charge in [-0.2, -0.15) is 0 Å². The lowest BCUT2D eigenvalue weighted by atomic mass is 9.92. The molecule has 1 aromatic carbocycles. The zero-order valence-corrected chi connectivity index (χ0v) is 18.8. The second-order valence-corrected chi connectivity index (χ2v) is 9.09. The molecule has 7 nitrogen and oxygen atoms in total. The van der Waals surface area contributed by atoms with Crippen LogP contribution in [0.1, 0.15) is 66.7 Å². The number of amides is 2. The highest BCUT2D eigenvalue weighted by Crippen LogP contribution is 2.23. The summed E-state index contributed by atoms with van der Waals surface area (Å²) in [5.41, 5.74) is 2.97. The molecular formula is C25H33N5O2. The largest absolute Gasteiger partial charge is 0.353 e. The standard InChI is InChI=1S/C25H33N5O2/c1-18-15-27-23(16-26-18)25(32)29-22-9-5-6-19(14-22)17-30-12-10-20(11-13-30)24(31)28-21-7-3-2-4-8-21/h5-6,9,14-16,20-21H,2-4,7-8,10-13,17H2,1H3,(H,28,31)(H,29,32). The van der Waals surface area contributed by atoms with Gasteiger partial charge in [0.15, 0.2) is 0 Å². The molecule has 0 unspecified atom stereocenters. The van der Waals surface area contributed by atoms with E-state index in [0.29, 0.717) is 11.7 Å². The third-order valence-corrected chi connectivity index (χ3v) is 6.51. The molecule has 2 aromatic rings. The number of carbonyl (C=O) groups excluding carboxylic acids is 2. The van der Waals surface area contributed by atoms with Crippen molar-refractivity contribution in [1.82, 2.24) is 20.2 Å². The zero-order valence-electron chi connectivity index (χ0n) is 18.8. The summed E-state index contributed by atoms with van der Waals surface area (Å²) in [4.78, 5) is 35.7. The van der Waals surface area contributed by atoms with Crippen molar-refractivity contribution in [3.8, 4) is 0 Å². The van der Waals surface area contributed by atoms with Gasteiger partial charge >= 0.3 is 0 Å². The van der Waals surface area contributed by atoms with Crippen LogP contribution >= 0.6 is 0 Å². The van der Waals surface area contributed by atoms with Gasteiger partial charge in [0.2, 0.25) is 5.91 Å². The predicted molar refractivity (Wildman–Crippen MR) is 124 cm³/mol. The zero-order chi connectivity index (χ0) is 22.3. The van der Waals surface area contributed by atoms with Gasteiger partial charge in [0.25, 0.3) is 5.91 Å². The Hall–Kier alpha value is -2.80. The number of aromatic nitrogens is 2. The molecule has 1 saturated heterocycles. The first-order chi connectivity index (χ1) is 15.6. The fourth-order valence-corrected chi connectivity index (χ4v) is 4.63. The third kappa shape index (κ3) is 6.13. The first-order valence-corrected chi connectivity index (χ1v) is 11.8. The van der Waals surface area contributed by atoms with E-state index in [9.17, 15) is 9.59 Å². The minimum atomic E-state index is -0.264. The molecule has 2 fully saturated rings. The summed E-state index contributed by atoms with van der Waals surface area (Å²) in [6.07, 6.45) is 10.9. The number of piperidine rings is 1. The Balaban J connectivity index is 1.25. The van der Waals surface area contributed by atoms with Gasteiger partial charge in [-0.3, -0.25) is 19.5 Å². The van der Waals surface area contributed by atoms with Crippen molar-refractivity contribution in [3.05, 3.63) is 53.6 Å². The highest BCUT2D eigenvalue weighted by molar-refractivity contribution is 6.02. The molecule has 0 spiro atoms. The first kappa shape index (κ1) is 22.4. The molecule has 4 rings (SSSR count). The summed E-state index contributed by atoms with van der Waals surface area (Å²) in [6, 6.07) is 8.30. The number of rotatable bonds is 6. The molecule has 0 bridgehead atoms. The molecule has 32 heavy (non-hydrogen) atoms. The van der Waals surface area contributed by atoms with Gasteiger partial charge in [-0.25, -0.2) is 4.98 Å². The summed E-state index contributed by atoms with van der Waals surface area (Å²) >= 11 is 0. The number of nitrogens with zero attached hydrogens (tertiary/aromatic N) is 3. The number of aryl methyl sites for hydroxylation is 1. The summed E-state index contributed by atoms with van der Waals surface area (Å²) in [5.74, 6) is 0.120. The van der Waals surface area contributed by atoms with Gasteiger partial charge in [-0.1, -0.05) is 31.4 Å². The van der Waals surface area contributed by atoms with Crippen molar-refractivity contribution < 1.29 is 9.59 Å². The van der Waals surface area contributed by atoms with Crippen LogP contribution in [0, 0.1) is 12.8 Å². The van der Waals surface area contributed by atoms with Gasteiger partial charge in [0.05, 0.1) is 11.9 Å². The molecule has 0 atom stereocenters. The van der Waals surface area contributed by atoms with E-state index in [0.717, 1.165) is 62.3 Å². The van der Waals surface area contributed by atoms with E-state index < -0.39 is 0 Å². The maximum absolute atomic E-state index is 12.6. The number of carbonyl (C=O) groups is 2. The van der Waals surface area contributed by atoms with Gasteiger partial charge in [0.1, 0.15) is 5.69 Å². The van der Waals surface area contributed by atoms with E-state index in [1.54, 1.807) is 6.20 Å². The summed E-state index contributed by atoms with van der Waals surface area (Å²) < 4.78 is 0. The smallest absolute Gasteiger partial charge is 0.275 e. The molecular weight excluding hydrogens is 402 g/mol. The van der Waals surface area contributed by atoms with E-state index in [-0.39, 0.29) is 17.7 Å². The van der Waals surface area contributed by atoms with Gasteiger partial charge in [-0.15, -0.1) is 0 Å². The molecule has 2 N–H and O–H groups in total. The maximum atomic E-state index is 12.6. The molecule has 1 aliphatic heterocycles. The molecule has 2 aliphatic rings. The molecule has 7 heteroatoms. The lowest BCUT2D eigenvalue weighted by Gasteiger charge is -2.32. The Kier molecular flexibility index (Phi) is 7.47. The van der Waals surface area contributed by atoms with E-state index in [1.165, 1.54) is 25.5 Å². The average Bonchev–Trinajstić information content (AvgIpc) is 2.81. The Morgan fingerprint density at radius 2 is 1.81 bits per heavy atom. The Labute approximate surface area is 190 Å². The fourth-order valence-electron chi connectivity index (χ4n) is 4.63. The Bertz CT molecular complexity index is 916. The lowest BCUT2D eigenvalue weighted by molar-refractivity contribution is -0.127. The fraction of sp³-hybridized carbons (Fsp3) is 0.520. The summed E-state index contributed by atoms with van der Waals surface area (Å²) in [6.45, 7) is 4.48. The normalized spacial score (nSPS) is 18.3. The minimum Gasteiger partial charge on any atom is -0.353 e. The van der Waals surface area contributed by atoms with Crippen molar-refractivity contribution in [2.45, 2.75) is 64.5 Å². The Morgan fingerprint density at radius 3 is 2.53 bits per heavy atom. The third-order valence-electron chi connectivity index (χ3n) is 6.51. The maximum Gasteiger partial charge on any atom is 0.275 e. The van der Waals surface area contributed by atoms with Crippen molar-refractivity contribution in [1.29, 1.82) is 0 Å². The van der Waals surface area contributed by atoms with Crippen LogP contribution < -0.4 is 10.6 Å². The average molecular weight is 436 g/mol. The number of hydrogen-bond acceptors (Lipinski definition) is 5. The van der Waals surface area contributed by atoms with Crippen molar-refractivity contribution >= 4 is 17.5 Å². The van der Waals surface area contributed by atoms with Crippen molar-refractivity contribution in [3.63, 3.8) is 0 Å². The van der Waals surface area contributed by atoms with Gasteiger partial charge in [-0.05, 0) is 63.4 Å². The van der Waals surface area contributed by atoms with E-state index in [1.807, 2.05) is 25.1 Å². The second kappa shape index (κ2) is 10.7. The lowest BCUT2D eigenvalue weighted by Crippen LogP contribution is -2.44. The van der Waals surface area contributed by atoms with Crippen LogP contribution in [0.2, 0.25) is 0 Å². The number of hydrogen-bond donors (Lipinski definition) is 2. The predicted octanol–water partition coefficient (Wildman–Crippen LogP) is 3.70. The highest BCUT2D eigenvalue weighted by atomic mass is 16.2. The van der Waals surface area contributed by atoms with Crippen LogP contribution in [0.3, 0.4) is 0 Å². The Morgan fingerprint density at radius 1 is 1.03 bits per heavy atom. The second-order valence-electron chi connectivity index (χ2n) is 9.09. The molecule has 1 saturated carbocycles. The van der Waals surface area contributed by atoms with Crippen molar-refractivity contribution in [2.24, 2.45) is 5.92 Å². The number of benzene rings is 1. The van der Waals surface area contributed by atoms with Gasteiger partial charge in [0, 0.05) is 30.4 Å². The van der Waals surface area contributed by atoms with Crippen LogP contribution in [0.25, 0.3) is 0 Å². The van der Waals surface area contributed by atoms with Crippen LogP contribution in [0.5, 0.6) is 0 Å². The summed E-state index contributed by atoms with van der Waals surface area (Å²) in [5, 5.41) is 6.19. The number of anilines is 1. The van der Waals surface area contributed by atoms with E-state index in [2.05, 4.69) is 31.6 Å². The number of nitrogens with one attached hydrogen (secondary N) is 2. The van der Waals surface area contributed by atoms with Crippen molar-refractivity contribution in [2.75, 3.05) is 18.4 Å². The minimum absolute atomic E-state index is 0.134. The number of likely N-dealkylation sites (tertiary alicyclic amines) is 1. The van der Waals surface area contributed by atoms with E-state index >= 15 is 0 Å². The van der Waals surface area contributed by atoms with Crippen LogP contribution in [-0.2, 0) is 11.3 Å². The van der Waals surface area contributed by atoms with E-state index in [4.69, 9.17) is 0 Å². The SMILES string of the molecule is Cc1cnc(C(=O)Nc2cccc(CN3CCC(C(=O)NC4CCCCC4)CC3)c2)cn1. The first-order valence-electron chi connectivity index (χ1n) is 11.8. The highest BCUT2D eigenvalue weighted by Gasteiger charge is 2.27. The van der Waals surface area contributed by atoms with Gasteiger partial charge < -0.3 is 10.6 Å². The molecule has 0 radical (unpaired) electrons.